The van der Waals surface area contributed by atoms with Crippen molar-refractivity contribution in [2.45, 2.75) is 158 Å². The number of aliphatic carboxylic acids is 1. The molecule has 0 bridgehead atoms. The Morgan fingerprint density at radius 3 is 2.25 bits per heavy atom. The normalized spacial score (nSPS) is 40.8. The first-order valence-electron chi connectivity index (χ1n) is 19.7. The Morgan fingerprint density at radius 1 is 0.917 bits per heavy atom. The first-order chi connectivity index (χ1) is 22.3. The number of carboxylic acid groups (broad SMARTS) is 1. The van der Waals surface area contributed by atoms with Crippen molar-refractivity contribution in [2.75, 3.05) is 13.1 Å². The van der Waals surface area contributed by atoms with Crippen LogP contribution in [-0.2, 0) is 19.1 Å². The fourth-order valence-electron chi connectivity index (χ4n) is 13.2. The molecule has 6 rings (SSSR count). The number of hydrogen-bond donors (Lipinski definition) is 2. The van der Waals surface area contributed by atoms with E-state index >= 15 is 0 Å². The maximum absolute atomic E-state index is 13.9. The SMILES string of the molecule is CC(C)C1=C2C3CCC4C5(C)CCC(OC(=O)CC(C)(C)C(=O)O)C(C)(C)C5CCC4(C)C3(C)CCC2(CCNCC2CCC2)CC1=O. The second-order valence-electron chi connectivity index (χ2n) is 19.9. The minimum absolute atomic E-state index is 0.0386. The van der Waals surface area contributed by atoms with Crippen molar-refractivity contribution in [3.8, 4) is 0 Å². The number of hydrogen-bond acceptors (Lipinski definition) is 5. The van der Waals surface area contributed by atoms with Crippen LogP contribution < -0.4 is 5.32 Å². The number of rotatable bonds is 10. The Balaban J connectivity index is 1.25. The Hall–Kier alpha value is -1.69. The van der Waals surface area contributed by atoms with Crippen molar-refractivity contribution in [2.24, 2.45) is 62.1 Å². The molecule has 0 aromatic heterocycles. The zero-order valence-electron chi connectivity index (χ0n) is 31.9. The lowest BCUT2D eigenvalue weighted by Gasteiger charge is -2.72. The summed E-state index contributed by atoms with van der Waals surface area (Å²) in [6.07, 6.45) is 14.5. The summed E-state index contributed by atoms with van der Waals surface area (Å²) < 4.78 is 6.17. The smallest absolute Gasteiger partial charge is 0.309 e. The number of carbonyl (C=O) groups is 3. The van der Waals surface area contributed by atoms with Crippen LogP contribution in [0.2, 0.25) is 0 Å². The lowest BCUT2D eigenvalue weighted by Crippen LogP contribution is -2.65. The summed E-state index contributed by atoms with van der Waals surface area (Å²) in [6.45, 7) is 22.3. The van der Waals surface area contributed by atoms with Gasteiger partial charge in [-0.15, -0.1) is 0 Å². The van der Waals surface area contributed by atoms with E-state index in [4.69, 9.17) is 4.74 Å². The van der Waals surface area contributed by atoms with Gasteiger partial charge in [0.1, 0.15) is 6.10 Å². The molecule has 5 saturated carbocycles. The summed E-state index contributed by atoms with van der Waals surface area (Å²) >= 11 is 0. The predicted octanol–water partition coefficient (Wildman–Crippen LogP) is 9.16. The number of esters is 1. The first-order valence-corrected chi connectivity index (χ1v) is 19.7. The molecule has 0 aliphatic heterocycles. The molecular formula is C42H67NO5. The zero-order chi connectivity index (χ0) is 35.1. The third-order valence-electron chi connectivity index (χ3n) is 16.4. The number of fused-ring (bicyclic) bond motifs is 7. The number of ketones is 1. The van der Waals surface area contributed by atoms with Gasteiger partial charge < -0.3 is 15.2 Å². The largest absolute Gasteiger partial charge is 0.481 e. The van der Waals surface area contributed by atoms with Gasteiger partial charge in [0, 0.05) is 17.3 Å². The summed E-state index contributed by atoms with van der Waals surface area (Å²) in [5.41, 5.74) is 1.99. The molecule has 8 atom stereocenters. The van der Waals surface area contributed by atoms with Crippen LogP contribution in [0.15, 0.2) is 11.1 Å². The highest BCUT2D eigenvalue weighted by Gasteiger charge is 2.70. The van der Waals surface area contributed by atoms with Gasteiger partial charge in [-0.05, 0) is 149 Å². The fourth-order valence-corrected chi connectivity index (χ4v) is 13.2. The van der Waals surface area contributed by atoms with E-state index in [1.165, 1.54) is 50.5 Å². The van der Waals surface area contributed by atoms with Crippen LogP contribution in [0.3, 0.4) is 0 Å². The maximum atomic E-state index is 13.9. The van der Waals surface area contributed by atoms with Crippen molar-refractivity contribution in [1.82, 2.24) is 5.32 Å². The van der Waals surface area contributed by atoms with Crippen molar-refractivity contribution < 1.29 is 24.2 Å². The Kier molecular flexibility index (Phi) is 9.20. The van der Waals surface area contributed by atoms with Crippen LogP contribution in [-0.4, -0.2) is 42.0 Å². The van der Waals surface area contributed by atoms with E-state index < -0.39 is 11.4 Å². The Bertz CT molecular complexity index is 1340. The van der Waals surface area contributed by atoms with E-state index in [1.807, 2.05) is 0 Å². The van der Waals surface area contributed by atoms with Crippen LogP contribution in [0.1, 0.15) is 152 Å². The number of nitrogens with one attached hydrogen (secondary N) is 1. The highest BCUT2D eigenvalue weighted by atomic mass is 16.5. The molecule has 2 N–H and O–H groups in total. The van der Waals surface area contributed by atoms with Crippen LogP contribution in [0.25, 0.3) is 0 Å². The van der Waals surface area contributed by atoms with E-state index in [-0.39, 0.29) is 51.5 Å². The van der Waals surface area contributed by atoms with Crippen molar-refractivity contribution >= 4 is 17.7 Å². The predicted molar refractivity (Wildman–Crippen MR) is 190 cm³/mol. The second kappa shape index (κ2) is 12.2. The summed E-state index contributed by atoms with van der Waals surface area (Å²) in [6, 6.07) is 0. The molecule has 0 heterocycles. The molecule has 48 heavy (non-hydrogen) atoms. The number of carboxylic acids is 1. The summed E-state index contributed by atoms with van der Waals surface area (Å²) in [4.78, 5) is 38.7. The van der Waals surface area contributed by atoms with Gasteiger partial charge in [0.2, 0.25) is 0 Å². The van der Waals surface area contributed by atoms with Crippen LogP contribution in [0.4, 0.5) is 0 Å². The van der Waals surface area contributed by atoms with Crippen LogP contribution in [0, 0.1) is 62.1 Å². The Morgan fingerprint density at radius 2 is 1.62 bits per heavy atom. The number of carbonyl (C=O) groups excluding carboxylic acids is 2. The van der Waals surface area contributed by atoms with Crippen LogP contribution in [0.5, 0.6) is 0 Å². The fraction of sp³-hybridized carbons (Fsp3) is 0.881. The average Bonchev–Trinajstić information content (AvgIpc) is 3.25. The van der Waals surface area contributed by atoms with Crippen molar-refractivity contribution in [3.63, 3.8) is 0 Å². The third-order valence-corrected chi connectivity index (χ3v) is 16.4. The molecule has 6 nitrogen and oxygen atoms in total. The highest BCUT2D eigenvalue weighted by Crippen LogP contribution is 2.77. The lowest BCUT2D eigenvalue weighted by atomic mass is 9.33. The minimum Gasteiger partial charge on any atom is -0.481 e. The van der Waals surface area contributed by atoms with Crippen molar-refractivity contribution in [1.29, 1.82) is 0 Å². The molecule has 0 aromatic carbocycles. The molecule has 0 saturated heterocycles. The molecule has 0 amide bonds. The monoisotopic (exact) mass is 666 g/mol. The summed E-state index contributed by atoms with van der Waals surface area (Å²) in [5.74, 6) is 1.71. The summed E-state index contributed by atoms with van der Waals surface area (Å²) in [7, 11) is 0. The van der Waals surface area contributed by atoms with E-state index in [0.717, 1.165) is 57.5 Å². The van der Waals surface area contributed by atoms with E-state index in [9.17, 15) is 19.5 Å². The maximum Gasteiger partial charge on any atom is 0.309 e. The van der Waals surface area contributed by atoms with Crippen LogP contribution >= 0.6 is 0 Å². The molecule has 0 radical (unpaired) electrons. The lowest BCUT2D eigenvalue weighted by molar-refractivity contribution is -0.233. The topological polar surface area (TPSA) is 92.7 Å². The third kappa shape index (κ3) is 5.47. The highest BCUT2D eigenvalue weighted by molar-refractivity contribution is 6.00. The number of ether oxygens (including phenoxy) is 1. The van der Waals surface area contributed by atoms with Gasteiger partial charge in [-0.25, -0.2) is 0 Å². The van der Waals surface area contributed by atoms with Gasteiger partial charge in [-0.2, -0.15) is 0 Å². The van der Waals surface area contributed by atoms with Gasteiger partial charge in [-0.1, -0.05) is 60.5 Å². The van der Waals surface area contributed by atoms with Gasteiger partial charge in [0.15, 0.2) is 5.78 Å². The molecule has 6 aliphatic carbocycles. The number of allylic oxidation sites excluding steroid dienone is 2. The van der Waals surface area contributed by atoms with E-state index in [1.54, 1.807) is 19.4 Å². The molecule has 6 aliphatic rings. The molecule has 270 valence electrons. The second-order valence-corrected chi connectivity index (χ2v) is 19.9. The molecule has 0 aromatic rings. The molecular weight excluding hydrogens is 598 g/mol. The van der Waals surface area contributed by atoms with Gasteiger partial charge in [0.25, 0.3) is 0 Å². The average molecular weight is 666 g/mol. The zero-order valence-corrected chi connectivity index (χ0v) is 31.9. The molecule has 8 unspecified atom stereocenters. The summed E-state index contributed by atoms with van der Waals surface area (Å²) in [5, 5.41) is 13.4. The molecule has 0 spiro atoms. The minimum atomic E-state index is -1.13. The van der Waals surface area contributed by atoms with Gasteiger partial charge >= 0.3 is 11.9 Å². The van der Waals surface area contributed by atoms with Gasteiger partial charge in [-0.3, -0.25) is 14.4 Å². The van der Waals surface area contributed by atoms with E-state index in [0.29, 0.717) is 23.5 Å². The quantitative estimate of drug-likeness (QED) is 0.179. The molecule has 6 heteroatoms. The first kappa shape index (κ1) is 36.1. The van der Waals surface area contributed by atoms with E-state index in [2.05, 4.69) is 53.8 Å². The molecule has 5 fully saturated rings. The number of Topliss-reactive ketones (excluding diaryl/α,β-unsaturated/α-hetero) is 1. The van der Waals surface area contributed by atoms with Gasteiger partial charge in [0.05, 0.1) is 11.8 Å². The standard InChI is InChI=1S/C42H67NO5/c1-26(2)34-29(44)23-42(21-22-43-25-27-11-10-12-27)20-19-40(8)28(35(34)42)13-14-31-39(7)17-16-32(48-33(45)24-37(3,4)36(46)47)38(5,6)30(39)15-18-41(31,40)9/h26-28,30-32,43H,10-25H2,1-9H3,(H,46,47). The Labute approximate surface area is 291 Å². The van der Waals surface area contributed by atoms with Crippen molar-refractivity contribution in [3.05, 3.63) is 11.1 Å².